The minimum absolute atomic E-state index is 0.111. The largest absolute Gasteiger partial charge is 0.477 e. The molecule has 0 aromatic carbocycles. The minimum Gasteiger partial charge on any atom is -0.477 e. The molecule has 0 aliphatic heterocycles. The van der Waals surface area contributed by atoms with Gasteiger partial charge in [-0.3, -0.25) is 0 Å². The molecule has 0 saturated heterocycles. The van der Waals surface area contributed by atoms with Crippen LogP contribution in [0.1, 0.15) is 21.7 Å². The van der Waals surface area contributed by atoms with E-state index in [4.69, 9.17) is 5.11 Å². The van der Waals surface area contributed by atoms with E-state index in [2.05, 4.69) is 15.0 Å². The normalized spacial score (nSPS) is 11.4. The predicted octanol–water partition coefficient (Wildman–Crippen LogP) is 3.05. The molecule has 0 amide bonds. The maximum Gasteiger partial charge on any atom is 0.417 e. The third-order valence-electron chi connectivity index (χ3n) is 2.31. The third kappa shape index (κ3) is 3.91. The SMILES string of the molecule is Cc1cc(C(=O)O)nc(Sc2ccc(C(F)(F)F)cn2)n1. The van der Waals surface area contributed by atoms with Crippen LogP contribution in [0.4, 0.5) is 13.2 Å². The molecule has 110 valence electrons. The summed E-state index contributed by atoms with van der Waals surface area (Å²) in [4.78, 5) is 22.3. The van der Waals surface area contributed by atoms with Gasteiger partial charge in [-0.05, 0) is 36.9 Å². The molecular formula is C12H8F3N3O2S. The van der Waals surface area contributed by atoms with E-state index in [9.17, 15) is 18.0 Å². The van der Waals surface area contributed by atoms with E-state index in [1.54, 1.807) is 6.92 Å². The van der Waals surface area contributed by atoms with Gasteiger partial charge in [0.2, 0.25) is 0 Å². The molecule has 9 heteroatoms. The lowest BCUT2D eigenvalue weighted by atomic mass is 10.3. The second-order valence-electron chi connectivity index (χ2n) is 3.97. The van der Waals surface area contributed by atoms with Crippen LogP contribution in [-0.4, -0.2) is 26.0 Å². The maximum atomic E-state index is 12.4. The van der Waals surface area contributed by atoms with Crippen LogP contribution in [0.5, 0.6) is 0 Å². The van der Waals surface area contributed by atoms with Crippen molar-refractivity contribution in [2.24, 2.45) is 0 Å². The van der Waals surface area contributed by atoms with Gasteiger partial charge in [-0.25, -0.2) is 19.7 Å². The highest BCUT2D eigenvalue weighted by atomic mass is 32.2. The van der Waals surface area contributed by atoms with Crippen molar-refractivity contribution < 1.29 is 23.1 Å². The summed E-state index contributed by atoms with van der Waals surface area (Å²) in [5.74, 6) is -1.21. The summed E-state index contributed by atoms with van der Waals surface area (Å²) in [6, 6.07) is 3.37. The third-order valence-corrected chi connectivity index (χ3v) is 3.13. The molecule has 2 rings (SSSR count). The summed E-state index contributed by atoms with van der Waals surface area (Å²) in [6.45, 7) is 1.60. The van der Waals surface area contributed by atoms with E-state index in [1.165, 1.54) is 12.1 Å². The van der Waals surface area contributed by atoms with E-state index >= 15 is 0 Å². The zero-order chi connectivity index (χ0) is 15.6. The number of aromatic carboxylic acids is 1. The molecule has 0 aliphatic carbocycles. The Hall–Kier alpha value is -2.16. The molecule has 5 nitrogen and oxygen atoms in total. The van der Waals surface area contributed by atoms with E-state index < -0.39 is 17.7 Å². The highest BCUT2D eigenvalue weighted by molar-refractivity contribution is 7.99. The number of rotatable bonds is 3. The average molecular weight is 315 g/mol. The van der Waals surface area contributed by atoms with Gasteiger partial charge < -0.3 is 5.11 Å². The van der Waals surface area contributed by atoms with Gasteiger partial charge in [0.15, 0.2) is 10.9 Å². The van der Waals surface area contributed by atoms with Crippen molar-refractivity contribution in [2.45, 2.75) is 23.3 Å². The quantitative estimate of drug-likeness (QED) is 0.877. The second-order valence-corrected chi connectivity index (χ2v) is 4.95. The fourth-order valence-electron chi connectivity index (χ4n) is 1.40. The van der Waals surface area contributed by atoms with Crippen molar-refractivity contribution in [1.82, 2.24) is 15.0 Å². The number of alkyl halides is 3. The summed E-state index contributed by atoms with van der Waals surface area (Å²) >= 11 is 0.889. The number of halogens is 3. The highest BCUT2D eigenvalue weighted by Crippen LogP contribution is 2.30. The Morgan fingerprint density at radius 2 is 2.00 bits per heavy atom. The molecule has 0 spiro atoms. The molecule has 2 aromatic heterocycles. The number of carbonyl (C=O) groups is 1. The number of aromatic nitrogens is 3. The van der Waals surface area contributed by atoms with Crippen molar-refractivity contribution in [2.75, 3.05) is 0 Å². The van der Waals surface area contributed by atoms with Crippen molar-refractivity contribution in [1.29, 1.82) is 0 Å². The lowest BCUT2D eigenvalue weighted by Gasteiger charge is -2.06. The standard InChI is InChI=1S/C12H8F3N3O2S/c1-6-4-8(10(19)20)18-11(17-6)21-9-3-2-7(5-16-9)12(13,14)15/h2-5H,1H3,(H,19,20). The molecule has 0 radical (unpaired) electrons. The van der Waals surface area contributed by atoms with E-state index in [0.717, 1.165) is 17.8 Å². The number of aryl methyl sites for hydroxylation is 1. The smallest absolute Gasteiger partial charge is 0.417 e. The van der Waals surface area contributed by atoms with Crippen molar-refractivity contribution in [3.05, 3.63) is 41.3 Å². The number of nitrogens with zero attached hydrogens (tertiary/aromatic N) is 3. The van der Waals surface area contributed by atoms with Gasteiger partial charge in [0, 0.05) is 11.9 Å². The number of hydrogen-bond donors (Lipinski definition) is 1. The zero-order valence-corrected chi connectivity index (χ0v) is 11.4. The Labute approximate surface area is 121 Å². The van der Waals surface area contributed by atoms with E-state index in [-0.39, 0.29) is 15.9 Å². The van der Waals surface area contributed by atoms with Crippen molar-refractivity contribution >= 4 is 17.7 Å². The molecule has 1 N–H and O–H groups in total. The van der Waals surface area contributed by atoms with Crippen LogP contribution < -0.4 is 0 Å². The molecule has 0 saturated carbocycles. The zero-order valence-electron chi connectivity index (χ0n) is 10.5. The Balaban J connectivity index is 2.24. The van der Waals surface area contributed by atoms with Gasteiger partial charge in [-0.15, -0.1) is 0 Å². The minimum atomic E-state index is -4.45. The van der Waals surface area contributed by atoms with Crippen LogP contribution in [0.2, 0.25) is 0 Å². The first kappa shape index (κ1) is 15.2. The van der Waals surface area contributed by atoms with Gasteiger partial charge >= 0.3 is 12.1 Å². The molecule has 2 heterocycles. The lowest BCUT2D eigenvalue weighted by Crippen LogP contribution is -2.05. The number of carboxylic acid groups (broad SMARTS) is 1. The number of pyridine rings is 1. The predicted molar refractivity (Wildman–Crippen MR) is 67.1 cm³/mol. The number of hydrogen-bond acceptors (Lipinski definition) is 5. The Morgan fingerprint density at radius 3 is 2.52 bits per heavy atom. The first-order valence-electron chi connectivity index (χ1n) is 5.56. The van der Waals surface area contributed by atoms with Crippen LogP contribution in [0.3, 0.4) is 0 Å². The van der Waals surface area contributed by atoms with Gasteiger partial charge in [0.25, 0.3) is 0 Å². The van der Waals surface area contributed by atoms with Gasteiger partial charge in [0.1, 0.15) is 5.03 Å². The maximum absolute atomic E-state index is 12.4. The van der Waals surface area contributed by atoms with Crippen molar-refractivity contribution in [3.63, 3.8) is 0 Å². The van der Waals surface area contributed by atoms with E-state index in [0.29, 0.717) is 11.9 Å². The van der Waals surface area contributed by atoms with Gasteiger partial charge in [-0.1, -0.05) is 0 Å². The topological polar surface area (TPSA) is 76.0 Å². The summed E-state index contributed by atoms with van der Waals surface area (Å²) in [5.41, 5.74) is -0.600. The molecule has 0 aliphatic rings. The molecule has 0 unspecified atom stereocenters. The second kappa shape index (κ2) is 5.68. The first-order chi connectivity index (χ1) is 9.75. The average Bonchev–Trinajstić information content (AvgIpc) is 2.37. The summed E-state index contributed by atoms with van der Waals surface area (Å²) in [7, 11) is 0. The highest BCUT2D eigenvalue weighted by Gasteiger charge is 2.30. The molecule has 21 heavy (non-hydrogen) atoms. The summed E-state index contributed by atoms with van der Waals surface area (Å²) < 4.78 is 37.2. The molecule has 0 bridgehead atoms. The molecular weight excluding hydrogens is 307 g/mol. The Kier molecular flexibility index (Phi) is 4.12. The lowest BCUT2D eigenvalue weighted by molar-refractivity contribution is -0.137. The number of carboxylic acids is 1. The fourth-order valence-corrected chi connectivity index (χ4v) is 2.16. The molecule has 0 atom stereocenters. The monoisotopic (exact) mass is 315 g/mol. The summed E-state index contributed by atoms with van der Waals surface area (Å²) in [6.07, 6.45) is -3.75. The van der Waals surface area contributed by atoms with Gasteiger partial charge in [0.05, 0.1) is 5.56 Å². The molecule has 0 fully saturated rings. The van der Waals surface area contributed by atoms with Crippen LogP contribution >= 0.6 is 11.8 Å². The van der Waals surface area contributed by atoms with Gasteiger partial charge in [-0.2, -0.15) is 13.2 Å². The van der Waals surface area contributed by atoms with Crippen LogP contribution in [0.15, 0.2) is 34.6 Å². The summed E-state index contributed by atoms with van der Waals surface area (Å²) in [5, 5.41) is 9.24. The Bertz CT molecular complexity index is 674. The van der Waals surface area contributed by atoms with Crippen LogP contribution in [0, 0.1) is 6.92 Å². The molecule has 2 aromatic rings. The van der Waals surface area contributed by atoms with Crippen LogP contribution in [-0.2, 0) is 6.18 Å². The van der Waals surface area contributed by atoms with Crippen molar-refractivity contribution in [3.8, 4) is 0 Å². The Morgan fingerprint density at radius 1 is 1.29 bits per heavy atom. The first-order valence-corrected chi connectivity index (χ1v) is 6.37. The van der Waals surface area contributed by atoms with E-state index in [1.807, 2.05) is 0 Å². The van der Waals surface area contributed by atoms with Crippen LogP contribution in [0.25, 0.3) is 0 Å². The fraction of sp³-hybridized carbons (Fsp3) is 0.167.